The van der Waals surface area contributed by atoms with Crippen molar-refractivity contribution in [2.45, 2.75) is 18.3 Å². The van der Waals surface area contributed by atoms with Crippen LogP contribution in [0.1, 0.15) is 51.0 Å². The molecule has 0 aliphatic heterocycles. The molecule has 5 nitrogen and oxygen atoms in total. The van der Waals surface area contributed by atoms with Gasteiger partial charge in [0.15, 0.2) is 0 Å². The smallest absolute Gasteiger partial charge is 0.271 e. The summed E-state index contributed by atoms with van der Waals surface area (Å²) in [4.78, 5) is 24.0. The molecule has 1 heterocycles. The van der Waals surface area contributed by atoms with Crippen LogP contribution in [-0.4, -0.2) is 22.2 Å². The summed E-state index contributed by atoms with van der Waals surface area (Å²) in [5, 5.41) is 7.09. The Morgan fingerprint density at radius 3 is 2.21 bits per heavy atom. The second kappa shape index (κ2) is 6.44. The molecular formula is C23H21N3O2. The van der Waals surface area contributed by atoms with Gasteiger partial charge in [-0.2, -0.15) is 5.10 Å². The lowest BCUT2D eigenvalue weighted by Crippen LogP contribution is -2.39. The maximum absolute atomic E-state index is 12.6. The van der Waals surface area contributed by atoms with Crippen LogP contribution >= 0.6 is 0 Å². The third-order valence-corrected chi connectivity index (χ3v) is 6.14. The molecule has 6 rings (SSSR count). The van der Waals surface area contributed by atoms with Gasteiger partial charge in [0.1, 0.15) is 5.69 Å². The Morgan fingerprint density at radius 2 is 1.61 bits per heavy atom. The second-order valence-electron chi connectivity index (χ2n) is 7.67. The highest BCUT2D eigenvalue weighted by atomic mass is 16.2. The molecule has 0 radical (unpaired) electrons. The van der Waals surface area contributed by atoms with E-state index in [0.29, 0.717) is 24.3 Å². The predicted molar refractivity (Wildman–Crippen MR) is 106 cm³/mol. The maximum Gasteiger partial charge on any atom is 0.271 e. The third kappa shape index (κ3) is 2.58. The fourth-order valence-corrected chi connectivity index (χ4v) is 4.90. The monoisotopic (exact) mass is 371 g/mol. The molecule has 2 bridgehead atoms. The molecule has 5 heteroatoms. The summed E-state index contributed by atoms with van der Waals surface area (Å²) in [5.74, 6) is 0.783. The molecule has 28 heavy (non-hydrogen) atoms. The predicted octanol–water partition coefficient (Wildman–Crippen LogP) is 2.81. The Bertz CT molecular complexity index is 1090. The minimum Gasteiger partial charge on any atom is -0.350 e. The minimum absolute atomic E-state index is 0.227. The van der Waals surface area contributed by atoms with E-state index >= 15 is 0 Å². The summed E-state index contributed by atoms with van der Waals surface area (Å²) >= 11 is 0. The lowest BCUT2D eigenvalue weighted by Gasteiger charge is -2.45. The Balaban J connectivity index is 1.42. The largest absolute Gasteiger partial charge is 0.350 e. The SMILES string of the molecule is Cn1nc(C(=O)NCC2CC3c4ccccc4C2c2ccccc23)ccc1=O. The molecular weight excluding hydrogens is 350 g/mol. The molecule has 1 atom stereocenters. The fourth-order valence-electron chi connectivity index (χ4n) is 4.90. The van der Waals surface area contributed by atoms with Crippen molar-refractivity contribution < 1.29 is 4.79 Å². The van der Waals surface area contributed by atoms with Crippen LogP contribution in [0.15, 0.2) is 65.5 Å². The standard InChI is InChI=1S/C23H21N3O2/c1-26-21(27)11-10-20(25-26)23(28)24-13-14-12-19-15-6-2-4-8-17(15)22(14)18-9-5-3-7-16(18)19/h2-11,14,19,22H,12-13H2,1H3,(H,24,28). The summed E-state index contributed by atoms with van der Waals surface area (Å²) in [7, 11) is 1.55. The normalized spacial score (nSPS) is 21.7. The van der Waals surface area contributed by atoms with Crippen molar-refractivity contribution in [1.29, 1.82) is 0 Å². The number of carbonyl (C=O) groups excluding carboxylic acids is 1. The van der Waals surface area contributed by atoms with E-state index in [1.165, 1.54) is 39.1 Å². The highest BCUT2D eigenvalue weighted by Gasteiger charge is 2.42. The zero-order chi connectivity index (χ0) is 19.3. The van der Waals surface area contributed by atoms with Crippen molar-refractivity contribution in [3.63, 3.8) is 0 Å². The van der Waals surface area contributed by atoms with Gasteiger partial charge in [-0.15, -0.1) is 0 Å². The Hall–Kier alpha value is -3.21. The zero-order valence-corrected chi connectivity index (χ0v) is 15.6. The van der Waals surface area contributed by atoms with E-state index in [1.54, 1.807) is 7.05 Å². The Morgan fingerprint density at radius 1 is 1.00 bits per heavy atom. The van der Waals surface area contributed by atoms with E-state index in [1.807, 2.05) is 0 Å². The van der Waals surface area contributed by atoms with Crippen molar-refractivity contribution in [3.8, 4) is 0 Å². The van der Waals surface area contributed by atoms with Crippen molar-refractivity contribution in [2.24, 2.45) is 13.0 Å². The summed E-state index contributed by atoms with van der Waals surface area (Å²) in [6, 6.07) is 20.2. The van der Waals surface area contributed by atoms with E-state index in [9.17, 15) is 9.59 Å². The van der Waals surface area contributed by atoms with Gasteiger partial charge in [-0.05, 0) is 40.7 Å². The number of nitrogens with zero attached hydrogens (tertiary/aromatic N) is 2. The minimum atomic E-state index is -0.237. The summed E-state index contributed by atoms with van der Waals surface area (Å²) in [6.07, 6.45) is 1.03. The van der Waals surface area contributed by atoms with Gasteiger partial charge in [0.25, 0.3) is 11.5 Å². The highest BCUT2D eigenvalue weighted by Crippen LogP contribution is 2.55. The number of fused-ring (bicyclic) bond motifs is 1. The number of hydrogen-bond donors (Lipinski definition) is 1. The highest BCUT2D eigenvalue weighted by molar-refractivity contribution is 5.92. The van der Waals surface area contributed by atoms with Gasteiger partial charge in [-0.1, -0.05) is 48.5 Å². The maximum atomic E-state index is 12.6. The third-order valence-electron chi connectivity index (χ3n) is 6.14. The van der Waals surface area contributed by atoms with Crippen LogP contribution in [0, 0.1) is 5.92 Å². The molecule has 0 spiro atoms. The first-order chi connectivity index (χ1) is 13.6. The summed E-state index contributed by atoms with van der Waals surface area (Å²) in [6.45, 7) is 0.590. The van der Waals surface area contributed by atoms with E-state index in [4.69, 9.17) is 0 Å². The number of amides is 1. The summed E-state index contributed by atoms with van der Waals surface area (Å²) in [5.41, 5.74) is 5.66. The van der Waals surface area contributed by atoms with Crippen LogP contribution in [0.3, 0.4) is 0 Å². The van der Waals surface area contributed by atoms with E-state index < -0.39 is 0 Å². The quantitative estimate of drug-likeness (QED) is 0.770. The van der Waals surface area contributed by atoms with Gasteiger partial charge in [-0.3, -0.25) is 9.59 Å². The van der Waals surface area contributed by atoms with Crippen LogP contribution in [0.2, 0.25) is 0 Å². The molecule has 2 aromatic carbocycles. The first kappa shape index (κ1) is 16.9. The van der Waals surface area contributed by atoms with Crippen molar-refractivity contribution in [3.05, 3.63) is 99.0 Å². The van der Waals surface area contributed by atoms with Gasteiger partial charge >= 0.3 is 0 Å². The van der Waals surface area contributed by atoms with Crippen LogP contribution in [0.25, 0.3) is 0 Å². The number of benzene rings is 2. The van der Waals surface area contributed by atoms with E-state index in [0.717, 1.165) is 6.42 Å². The molecule has 0 fully saturated rings. The molecule has 1 aromatic heterocycles. The lowest BCUT2D eigenvalue weighted by atomic mass is 9.59. The summed E-state index contributed by atoms with van der Waals surface area (Å²) < 4.78 is 1.18. The molecule has 1 N–H and O–H groups in total. The first-order valence-corrected chi connectivity index (χ1v) is 9.63. The van der Waals surface area contributed by atoms with Crippen LogP contribution in [-0.2, 0) is 7.05 Å². The van der Waals surface area contributed by atoms with Gasteiger partial charge in [0.2, 0.25) is 0 Å². The number of nitrogens with one attached hydrogen (secondary N) is 1. The van der Waals surface area contributed by atoms with Crippen molar-refractivity contribution in [1.82, 2.24) is 15.1 Å². The number of carbonyl (C=O) groups is 1. The van der Waals surface area contributed by atoms with Crippen LogP contribution < -0.4 is 10.9 Å². The van der Waals surface area contributed by atoms with Crippen LogP contribution in [0.4, 0.5) is 0 Å². The number of rotatable bonds is 3. The fraction of sp³-hybridized carbons (Fsp3) is 0.261. The lowest BCUT2D eigenvalue weighted by molar-refractivity contribution is 0.0935. The average molecular weight is 371 g/mol. The Labute approximate surface area is 163 Å². The molecule has 1 unspecified atom stereocenters. The molecule has 0 saturated heterocycles. The van der Waals surface area contributed by atoms with Crippen LogP contribution in [0.5, 0.6) is 0 Å². The van der Waals surface area contributed by atoms with E-state index in [-0.39, 0.29) is 17.2 Å². The number of aromatic nitrogens is 2. The second-order valence-corrected chi connectivity index (χ2v) is 7.67. The average Bonchev–Trinajstić information content (AvgIpc) is 2.74. The zero-order valence-electron chi connectivity index (χ0n) is 15.6. The van der Waals surface area contributed by atoms with Gasteiger partial charge in [-0.25, -0.2) is 4.68 Å². The molecule has 0 saturated carbocycles. The van der Waals surface area contributed by atoms with Crippen molar-refractivity contribution in [2.75, 3.05) is 6.54 Å². The molecule has 3 aromatic rings. The van der Waals surface area contributed by atoms with Gasteiger partial charge < -0.3 is 5.32 Å². The molecule has 3 aliphatic carbocycles. The van der Waals surface area contributed by atoms with Crippen molar-refractivity contribution >= 4 is 5.91 Å². The molecule has 3 aliphatic rings. The topological polar surface area (TPSA) is 64.0 Å². The van der Waals surface area contributed by atoms with Gasteiger partial charge in [0, 0.05) is 31.5 Å². The number of hydrogen-bond acceptors (Lipinski definition) is 3. The first-order valence-electron chi connectivity index (χ1n) is 9.63. The molecule has 1 amide bonds. The number of aryl methyl sites for hydroxylation is 1. The Kier molecular flexibility index (Phi) is 3.90. The molecule has 140 valence electrons. The van der Waals surface area contributed by atoms with Gasteiger partial charge in [0.05, 0.1) is 0 Å². The van der Waals surface area contributed by atoms with E-state index in [2.05, 4.69) is 58.9 Å².